The van der Waals surface area contributed by atoms with Gasteiger partial charge in [0.2, 0.25) is 0 Å². The summed E-state index contributed by atoms with van der Waals surface area (Å²) in [5, 5.41) is 2.15. The highest BCUT2D eigenvalue weighted by Crippen LogP contribution is 2.24. The van der Waals surface area contributed by atoms with Crippen LogP contribution in [0.15, 0.2) is 35.7 Å². The molecule has 3 heteroatoms. The molecule has 2 N–H and O–H groups in total. The Morgan fingerprint density at radius 1 is 1.19 bits per heavy atom. The predicted molar refractivity (Wildman–Crippen MR) is 94.4 cm³/mol. The first-order valence-corrected chi connectivity index (χ1v) is 8.45. The fraction of sp³-hybridized carbons (Fsp3) is 0.444. The number of aryl methyl sites for hydroxylation is 1. The van der Waals surface area contributed by atoms with Gasteiger partial charge in [0.1, 0.15) is 0 Å². The average molecular weight is 302 g/mol. The van der Waals surface area contributed by atoms with E-state index in [1.165, 1.54) is 21.7 Å². The minimum atomic E-state index is 0.214. The van der Waals surface area contributed by atoms with Gasteiger partial charge in [-0.1, -0.05) is 18.2 Å². The topological polar surface area (TPSA) is 29.3 Å². The predicted octanol–water partition coefficient (Wildman–Crippen LogP) is 4.01. The number of hydrogen-bond acceptors (Lipinski definition) is 3. The monoisotopic (exact) mass is 302 g/mol. The van der Waals surface area contributed by atoms with Crippen molar-refractivity contribution in [1.82, 2.24) is 0 Å². The molecule has 1 aromatic carbocycles. The summed E-state index contributed by atoms with van der Waals surface area (Å²) in [4.78, 5) is 3.82. The molecule has 0 fully saturated rings. The van der Waals surface area contributed by atoms with Crippen LogP contribution in [0, 0.1) is 6.92 Å². The first-order chi connectivity index (χ1) is 9.97. The Morgan fingerprint density at radius 2 is 1.95 bits per heavy atom. The summed E-state index contributed by atoms with van der Waals surface area (Å²) in [7, 11) is 2.19. The first kappa shape index (κ1) is 16.1. The number of rotatable bonds is 6. The van der Waals surface area contributed by atoms with Gasteiger partial charge < -0.3 is 10.6 Å². The molecule has 21 heavy (non-hydrogen) atoms. The van der Waals surface area contributed by atoms with Crippen LogP contribution in [-0.4, -0.2) is 19.1 Å². The lowest BCUT2D eigenvalue weighted by Crippen LogP contribution is -2.31. The minimum Gasteiger partial charge on any atom is -0.371 e. The summed E-state index contributed by atoms with van der Waals surface area (Å²) in [6.45, 7) is 6.53. The van der Waals surface area contributed by atoms with Crippen molar-refractivity contribution in [2.24, 2.45) is 5.73 Å². The highest BCUT2D eigenvalue weighted by molar-refractivity contribution is 7.09. The molecule has 0 saturated heterocycles. The zero-order chi connectivity index (χ0) is 15.4. The molecule has 0 saturated carbocycles. The van der Waals surface area contributed by atoms with E-state index in [1.807, 2.05) is 11.3 Å². The van der Waals surface area contributed by atoms with Gasteiger partial charge in [-0.15, -0.1) is 11.3 Å². The molecular formula is C18H26N2S. The Hall–Kier alpha value is -1.32. The average Bonchev–Trinajstić information content (AvgIpc) is 2.90. The van der Waals surface area contributed by atoms with Gasteiger partial charge in [0, 0.05) is 36.1 Å². The van der Waals surface area contributed by atoms with Gasteiger partial charge >= 0.3 is 0 Å². The molecule has 0 amide bonds. The van der Waals surface area contributed by atoms with Crippen molar-refractivity contribution in [2.45, 2.75) is 45.7 Å². The number of hydrogen-bond donors (Lipinski definition) is 1. The SMILES string of the molecule is Cc1cc(CC(C)N)ccc1N(C)C(C)Cc1cccs1. The van der Waals surface area contributed by atoms with Crippen LogP contribution in [0.2, 0.25) is 0 Å². The quantitative estimate of drug-likeness (QED) is 0.873. The zero-order valence-electron chi connectivity index (χ0n) is 13.5. The van der Waals surface area contributed by atoms with E-state index in [0.717, 1.165) is 12.8 Å². The Morgan fingerprint density at radius 3 is 2.52 bits per heavy atom. The van der Waals surface area contributed by atoms with Gasteiger partial charge in [-0.2, -0.15) is 0 Å². The molecular weight excluding hydrogens is 276 g/mol. The van der Waals surface area contributed by atoms with E-state index in [4.69, 9.17) is 5.73 Å². The standard InChI is InChI=1S/C18H26N2S/c1-13-10-16(11-14(2)19)7-8-18(13)20(4)15(3)12-17-6-5-9-21-17/h5-10,14-15H,11-12,19H2,1-4H3. The van der Waals surface area contributed by atoms with Gasteiger partial charge in [-0.3, -0.25) is 0 Å². The number of nitrogens with two attached hydrogens (primary N) is 1. The van der Waals surface area contributed by atoms with Crippen molar-refractivity contribution in [2.75, 3.05) is 11.9 Å². The first-order valence-electron chi connectivity index (χ1n) is 7.57. The van der Waals surface area contributed by atoms with E-state index in [0.29, 0.717) is 6.04 Å². The van der Waals surface area contributed by atoms with Crippen molar-refractivity contribution in [3.8, 4) is 0 Å². The lowest BCUT2D eigenvalue weighted by atomic mass is 10.0. The van der Waals surface area contributed by atoms with Gasteiger partial charge in [0.25, 0.3) is 0 Å². The Kier molecular flexibility index (Phi) is 5.43. The number of anilines is 1. The van der Waals surface area contributed by atoms with Crippen LogP contribution in [0.1, 0.15) is 29.9 Å². The summed E-state index contributed by atoms with van der Waals surface area (Å²) < 4.78 is 0. The normalized spacial score (nSPS) is 14.0. The number of thiophene rings is 1. The van der Waals surface area contributed by atoms with E-state index in [1.54, 1.807) is 0 Å². The van der Waals surface area contributed by atoms with E-state index in [-0.39, 0.29) is 6.04 Å². The van der Waals surface area contributed by atoms with E-state index < -0.39 is 0 Å². The second-order valence-electron chi connectivity index (χ2n) is 6.05. The molecule has 0 aliphatic heterocycles. The van der Waals surface area contributed by atoms with Crippen molar-refractivity contribution in [3.63, 3.8) is 0 Å². The summed E-state index contributed by atoms with van der Waals surface area (Å²) in [5.41, 5.74) is 9.85. The van der Waals surface area contributed by atoms with Crippen molar-refractivity contribution < 1.29 is 0 Å². The largest absolute Gasteiger partial charge is 0.371 e. The molecule has 0 spiro atoms. The molecule has 2 atom stereocenters. The van der Waals surface area contributed by atoms with Crippen molar-refractivity contribution >= 4 is 17.0 Å². The van der Waals surface area contributed by atoms with Gasteiger partial charge in [0.05, 0.1) is 0 Å². The molecule has 2 rings (SSSR count). The number of benzene rings is 1. The summed E-state index contributed by atoms with van der Waals surface area (Å²) >= 11 is 1.84. The highest BCUT2D eigenvalue weighted by atomic mass is 32.1. The second kappa shape index (κ2) is 7.10. The van der Waals surface area contributed by atoms with Crippen LogP contribution >= 0.6 is 11.3 Å². The highest BCUT2D eigenvalue weighted by Gasteiger charge is 2.13. The van der Waals surface area contributed by atoms with E-state index in [9.17, 15) is 0 Å². The van der Waals surface area contributed by atoms with E-state index >= 15 is 0 Å². The maximum Gasteiger partial charge on any atom is 0.0396 e. The summed E-state index contributed by atoms with van der Waals surface area (Å²) in [6, 6.07) is 11.8. The van der Waals surface area contributed by atoms with Crippen molar-refractivity contribution in [3.05, 3.63) is 51.7 Å². The van der Waals surface area contributed by atoms with Crippen LogP contribution < -0.4 is 10.6 Å². The Labute approximate surface area is 132 Å². The third kappa shape index (κ3) is 4.32. The fourth-order valence-electron chi connectivity index (χ4n) is 2.71. The third-order valence-electron chi connectivity index (χ3n) is 3.94. The van der Waals surface area contributed by atoms with Gasteiger partial charge in [-0.25, -0.2) is 0 Å². The summed E-state index contributed by atoms with van der Waals surface area (Å²) in [5.74, 6) is 0. The maximum atomic E-state index is 5.89. The smallest absolute Gasteiger partial charge is 0.0396 e. The van der Waals surface area contributed by atoms with Crippen LogP contribution in [0.5, 0.6) is 0 Å². The van der Waals surface area contributed by atoms with Crippen LogP contribution in [0.25, 0.3) is 0 Å². The number of likely N-dealkylation sites (N-methyl/N-ethyl adjacent to an activating group) is 1. The van der Waals surface area contributed by atoms with Gasteiger partial charge in [-0.05, 0) is 55.8 Å². The van der Waals surface area contributed by atoms with Crippen LogP contribution in [0.3, 0.4) is 0 Å². The minimum absolute atomic E-state index is 0.214. The molecule has 114 valence electrons. The summed E-state index contributed by atoms with van der Waals surface area (Å²) in [6.07, 6.45) is 2.03. The molecule has 0 radical (unpaired) electrons. The molecule has 2 nitrogen and oxygen atoms in total. The molecule has 1 aromatic heterocycles. The second-order valence-corrected chi connectivity index (χ2v) is 7.08. The zero-order valence-corrected chi connectivity index (χ0v) is 14.3. The van der Waals surface area contributed by atoms with Crippen molar-refractivity contribution in [1.29, 1.82) is 0 Å². The molecule has 0 aliphatic rings. The number of nitrogens with zero attached hydrogens (tertiary/aromatic N) is 1. The fourth-order valence-corrected chi connectivity index (χ4v) is 3.53. The lowest BCUT2D eigenvalue weighted by Gasteiger charge is -2.28. The van der Waals surface area contributed by atoms with E-state index in [2.05, 4.69) is 68.4 Å². The molecule has 1 heterocycles. The Balaban J connectivity index is 2.09. The van der Waals surface area contributed by atoms with Gasteiger partial charge in [0.15, 0.2) is 0 Å². The molecule has 2 aromatic rings. The third-order valence-corrected chi connectivity index (χ3v) is 4.84. The Bertz CT molecular complexity index is 561. The molecule has 0 aliphatic carbocycles. The lowest BCUT2D eigenvalue weighted by molar-refractivity contribution is 0.686. The molecule has 0 bridgehead atoms. The maximum absolute atomic E-state index is 5.89. The molecule has 2 unspecified atom stereocenters. The van der Waals surface area contributed by atoms with Crippen LogP contribution in [-0.2, 0) is 12.8 Å². The van der Waals surface area contributed by atoms with Crippen LogP contribution in [0.4, 0.5) is 5.69 Å².